The van der Waals surface area contributed by atoms with E-state index in [4.69, 9.17) is 0 Å². The molecular formula is C18H16N2. The van der Waals surface area contributed by atoms with Crippen molar-refractivity contribution in [1.29, 1.82) is 0 Å². The van der Waals surface area contributed by atoms with Crippen molar-refractivity contribution in [2.75, 3.05) is 11.9 Å². The zero-order valence-corrected chi connectivity index (χ0v) is 11.3. The molecule has 2 heteroatoms. The summed E-state index contributed by atoms with van der Waals surface area (Å²) in [5, 5.41) is 4.65. The fourth-order valence-electron chi connectivity index (χ4n) is 2.88. The summed E-state index contributed by atoms with van der Waals surface area (Å²) >= 11 is 0. The Labute approximate surface area is 118 Å². The van der Waals surface area contributed by atoms with Crippen LogP contribution in [0.15, 0.2) is 54.7 Å². The van der Waals surface area contributed by atoms with Crippen LogP contribution >= 0.6 is 0 Å². The minimum Gasteiger partial charge on any atom is -0.385 e. The van der Waals surface area contributed by atoms with Crippen molar-refractivity contribution in [1.82, 2.24) is 4.98 Å². The molecule has 0 aliphatic carbocycles. The van der Waals surface area contributed by atoms with Gasteiger partial charge >= 0.3 is 0 Å². The predicted octanol–water partition coefficient (Wildman–Crippen LogP) is 4.26. The van der Waals surface area contributed by atoms with Gasteiger partial charge < -0.3 is 5.32 Å². The molecule has 2 nitrogen and oxygen atoms in total. The number of benzene rings is 2. The van der Waals surface area contributed by atoms with Crippen LogP contribution < -0.4 is 5.32 Å². The summed E-state index contributed by atoms with van der Waals surface area (Å²) in [5.74, 6) is 0. The number of nitrogens with one attached hydrogen (secondary N) is 1. The first-order valence-electron chi connectivity index (χ1n) is 7.12. The van der Waals surface area contributed by atoms with Crippen molar-refractivity contribution in [3.63, 3.8) is 0 Å². The average Bonchev–Trinajstić information content (AvgIpc) is 2.54. The lowest BCUT2D eigenvalue weighted by Gasteiger charge is -2.18. The lowest BCUT2D eigenvalue weighted by atomic mass is 9.97. The maximum absolute atomic E-state index is 4.55. The van der Waals surface area contributed by atoms with Crippen molar-refractivity contribution >= 4 is 16.6 Å². The van der Waals surface area contributed by atoms with Crippen LogP contribution in [0.3, 0.4) is 0 Å². The van der Waals surface area contributed by atoms with Crippen molar-refractivity contribution in [2.45, 2.75) is 12.8 Å². The summed E-state index contributed by atoms with van der Waals surface area (Å²) in [6, 6.07) is 17.2. The number of hydrogen-bond donors (Lipinski definition) is 1. The zero-order valence-electron chi connectivity index (χ0n) is 11.3. The van der Waals surface area contributed by atoms with E-state index in [1.54, 1.807) is 0 Å². The van der Waals surface area contributed by atoms with Gasteiger partial charge in [-0.05, 0) is 48.2 Å². The molecule has 0 atom stereocenters. The molecule has 0 spiro atoms. The Morgan fingerprint density at radius 2 is 1.90 bits per heavy atom. The first-order valence-corrected chi connectivity index (χ1v) is 7.12. The van der Waals surface area contributed by atoms with Gasteiger partial charge in [0.1, 0.15) is 0 Å². The number of hydrogen-bond acceptors (Lipinski definition) is 2. The molecular weight excluding hydrogens is 244 g/mol. The Bertz CT molecular complexity index is 777. The molecule has 0 fully saturated rings. The average molecular weight is 260 g/mol. The Morgan fingerprint density at radius 1 is 0.950 bits per heavy atom. The van der Waals surface area contributed by atoms with Crippen LogP contribution in [0.2, 0.25) is 0 Å². The van der Waals surface area contributed by atoms with Gasteiger partial charge in [-0.1, -0.05) is 24.3 Å². The molecule has 2 aromatic carbocycles. The van der Waals surface area contributed by atoms with Gasteiger partial charge in [-0.25, -0.2) is 0 Å². The lowest BCUT2D eigenvalue weighted by molar-refractivity contribution is 0.830. The number of nitrogens with zero attached hydrogens (tertiary/aromatic N) is 1. The third-order valence-corrected chi connectivity index (χ3v) is 3.97. The van der Waals surface area contributed by atoms with Gasteiger partial charge in [-0.3, -0.25) is 4.98 Å². The Hall–Kier alpha value is -2.35. The van der Waals surface area contributed by atoms with Crippen LogP contribution in [0, 0.1) is 0 Å². The summed E-state index contributed by atoms with van der Waals surface area (Å²) in [7, 11) is 0. The minimum absolute atomic E-state index is 1.05. The van der Waals surface area contributed by atoms with E-state index in [2.05, 4.69) is 52.8 Å². The zero-order chi connectivity index (χ0) is 13.4. The van der Waals surface area contributed by atoms with Gasteiger partial charge in [-0.2, -0.15) is 0 Å². The number of para-hydroxylation sites is 1. The largest absolute Gasteiger partial charge is 0.385 e. The summed E-state index contributed by atoms with van der Waals surface area (Å²) in [4.78, 5) is 4.55. The number of fused-ring (bicyclic) bond motifs is 2. The highest BCUT2D eigenvalue weighted by Gasteiger charge is 2.09. The third-order valence-electron chi connectivity index (χ3n) is 3.97. The molecule has 1 aromatic heterocycles. The Balaban J connectivity index is 1.82. The highest BCUT2D eigenvalue weighted by atomic mass is 14.9. The second-order valence-electron chi connectivity index (χ2n) is 5.32. The molecule has 0 unspecified atom stereocenters. The summed E-state index contributed by atoms with van der Waals surface area (Å²) < 4.78 is 0. The molecule has 0 radical (unpaired) electrons. The molecule has 1 aliphatic rings. The van der Waals surface area contributed by atoms with E-state index in [1.807, 2.05) is 12.3 Å². The van der Waals surface area contributed by atoms with Crippen molar-refractivity contribution in [3.8, 4) is 11.1 Å². The van der Waals surface area contributed by atoms with Gasteiger partial charge in [0, 0.05) is 29.4 Å². The van der Waals surface area contributed by atoms with Gasteiger partial charge in [0.25, 0.3) is 0 Å². The minimum atomic E-state index is 1.05. The molecule has 0 saturated carbocycles. The summed E-state index contributed by atoms with van der Waals surface area (Å²) in [5.41, 5.74) is 6.20. The number of anilines is 1. The fourth-order valence-corrected chi connectivity index (χ4v) is 2.88. The number of aryl methyl sites for hydroxylation is 1. The Kier molecular flexibility index (Phi) is 2.66. The van der Waals surface area contributed by atoms with Crippen molar-refractivity contribution < 1.29 is 0 Å². The molecule has 1 aliphatic heterocycles. The number of rotatable bonds is 1. The predicted molar refractivity (Wildman–Crippen MR) is 84.0 cm³/mol. The molecule has 4 rings (SSSR count). The quantitative estimate of drug-likeness (QED) is 0.707. The van der Waals surface area contributed by atoms with Crippen LogP contribution in [0.4, 0.5) is 5.69 Å². The molecule has 3 aromatic rings. The van der Waals surface area contributed by atoms with Crippen LogP contribution in [-0.2, 0) is 6.42 Å². The molecule has 0 bridgehead atoms. The standard InChI is InChI=1S/C18H16N2/c1-2-6-17-14(4-1)11-16(12-20-17)13-7-8-18-15(10-13)5-3-9-19-18/h1-2,4,6-8,10-12,19H,3,5,9H2. The Morgan fingerprint density at radius 3 is 2.90 bits per heavy atom. The smallest absolute Gasteiger partial charge is 0.0702 e. The van der Waals surface area contributed by atoms with Crippen molar-refractivity contribution in [3.05, 3.63) is 60.3 Å². The van der Waals surface area contributed by atoms with Gasteiger partial charge in [0.05, 0.1) is 5.52 Å². The van der Waals surface area contributed by atoms with Crippen LogP contribution in [0.5, 0.6) is 0 Å². The molecule has 1 N–H and O–H groups in total. The maximum Gasteiger partial charge on any atom is 0.0702 e. The molecule has 20 heavy (non-hydrogen) atoms. The van der Waals surface area contributed by atoms with Crippen LogP contribution in [0.1, 0.15) is 12.0 Å². The summed E-state index contributed by atoms with van der Waals surface area (Å²) in [6.07, 6.45) is 4.35. The highest BCUT2D eigenvalue weighted by molar-refractivity contribution is 5.83. The van der Waals surface area contributed by atoms with Gasteiger partial charge in [0.2, 0.25) is 0 Å². The number of aromatic nitrogens is 1. The first kappa shape index (κ1) is 11.5. The molecule has 0 amide bonds. The second-order valence-corrected chi connectivity index (χ2v) is 5.32. The van der Waals surface area contributed by atoms with E-state index in [0.717, 1.165) is 18.5 Å². The third kappa shape index (κ3) is 1.94. The molecule has 2 heterocycles. The van der Waals surface area contributed by atoms with E-state index in [9.17, 15) is 0 Å². The van der Waals surface area contributed by atoms with Crippen LogP contribution in [-0.4, -0.2) is 11.5 Å². The van der Waals surface area contributed by atoms with E-state index in [0.29, 0.717) is 0 Å². The summed E-state index contributed by atoms with van der Waals surface area (Å²) in [6.45, 7) is 1.09. The van der Waals surface area contributed by atoms with Gasteiger partial charge in [-0.15, -0.1) is 0 Å². The van der Waals surface area contributed by atoms with Crippen LogP contribution in [0.25, 0.3) is 22.0 Å². The van der Waals surface area contributed by atoms with E-state index < -0.39 is 0 Å². The highest BCUT2D eigenvalue weighted by Crippen LogP contribution is 2.29. The van der Waals surface area contributed by atoms with Crippen molar-refractivity contribution in [2.24, 2.45) is 0 Å². The maximum atomic E-state index is 4.55. The SMILES string of the molecule is c1ccc2ncc(-c3ccc4c(c3)CCCN4)cc2c1. The second kappa shape index (κ2) is 4.64. The monoisotopic (exact) mass is 260 g/mol. The molecule has 98 valence electrons. The van der Waals surface area contributed by atoms with Gasteiger partial charge in [0.15, 0.2) is 0 Å². The normalized spacial score (nSPS) is 13.8. The van der Waals surface area contributed by atoms with E-state index in [1.165, 1.54) is 34.2 Å². The first-order chi connectivity index (χ1) is 9.90. The molecule has 0 saturated heterocycles. The fraction of sp³-hybridized carbons (Fsp3) is 0.167. The topological polar surface area (TPSA) is 24.9 Å². The van der Waals surface area contributed by atoms with E-state index in [-0.39, 0.29) is 0 Å². The van der Waals surface area contributed by atoms with E-state index >= 15 is 0 Å². The number of pyridine rings is 1. The lowest BCUT2D eigenvalue weighted by Crippen LogP contribution is -2.11.